The highest BCUT2D eigenvalue weighted by atomic mass is 19.1. The summed E-state index contributed by atoms with van der Waals surface area (Å²) in [5.41, 5.74) is 5.39. The fourth-order valence-electron chi connectivity index (χ4n) is 2.78. The van der Waals surface area contributed by atoms with Crippen molar-refractivity contribution in [2.24, 2.45) is 5.92 Å². The zero-order valence-corrected chi connectivity index (χ0v) is 12.6. The molecule has 1 aliphatic carbocycles. The maximum absolute atomic E-state index is 14.0. The molecule has 5 heteroatoms. The molecule has 1 aliphatic rings. The van der Waals surface area contributed by atoms with Crippen LogP contribution in [0.2, 0.25) is 0 Å². The number of hydrogen-bond donors (Lipinski definition) is 3. The summed E-state index contributed by atoms with van der Waals surface area (Å²) in [4.78, 5) is 12.1. The number of carbonyl (C=O) groups excluding carboxylic acids is 1. The summed E-state index contributed by atoms with van der Waals surface area (Å²) < 4.78 is 14.0. The van der Waals surface area contributed by atoms with Gasteiger partial charge in [-0.2, -0.15) is 0 Å². The highest BCUT2D eigenvalue weighted by Crippen LogP contribution is 2.31. The Balaban J connectivity index is 2.02. The lowest BCUT2D eigenvalue weighted by Crippen LogP contribution is -2.45. The van der Waals surface area contributed by atoms with Gasteiger partial charge in [-0.25, -0.2) is 4.39 Å². The van der Waals surface area contributed by atoms with Gasteiger partial charge in [-0.05, 0) is 56.2 Å². The van der Waals surface area contributed by atoms with Gasteiger partial charge in [0.15, 0.2) is 0 Å². The molecule has 0 saturated heterocycles. The van der Waals surface area contributed by atoms with Crippen LogP contribution in [0.3, 0.4) is 0 Å². The Kier molecular flexibility index (Phi) is 4.52. The number of nitrogens with one attached hydrogen (secondary N) is 1. The molecule has 4 N–H and O–H groups in total. The first kappa shape index (κ1) is 15.8. The molecular formula is C16H23FN2O2. The average Bonchev–Trinajstić information content (AvgIpc) is 2.44. The van der Waals surface area contributed by atoms with Gasteiger partial charge >= 0.3 is 0 Å². The Labute approximate surface area is 124 Å². The Hall–Kier alpha value is -1.62. The predicted molar refractivity (Wildman–Crippen MR) is 80.5 cm³/mol. The molecule has 0 aliphatic heterocycles. The third-order valence-electron chi connectivity index (χ3n) is 4.30. The van der Waals surface area contributed by atoms with Gasteiger partial charge in [-0.1, -0.05) is 6.92 Å². The number of benzene rings is 1. The number of nitrogen functional groups attached to an aromatic ring is 1. The Morgan fingerprint density at radius 2 is 2.10 bits per heavy atom. The standard InChI is InChI=1S/C16H23FN2O2/c1-10-3-5-16(21,6-4-10)9-19-15(20)13-8-12(18)7-11(2)14(13)17/h7-8,10,21H,3-6,9,18H2,1-2H3,(H,19,20). The van der Waals surface area contributed by atoms with Crippen LogP contribution in [-0.4, -0.2) is 23.2 Å². The molecule has 0 aromatic heterocycles. The smallest absolute Gasteiger partial charge is 0.254 e. The second-order valence-corrected chi connectivity index (χ2v) is 6.29. The summed E-state index contributed by atoms with van der Waals surface area (Å²) in [7, 11) is 0. The number of hydrogen-bond acceptors (Lipinski definition) is 3. The van der Waals surface area contributed by atoms with Gasteiger partial charge in [0.2, 0.25) is 0 Å². The molecule has 0 radical (unpaired) electrons. The molecule has 2 rings (SSSR count). The highest BCUT2D eigenvalue weighted by molar-refractivity contribution is 5.95. The van der Waals surface area contributed by atoms with Crippen LogP contribution in [0.4, 0.5) is 10.1 Å². The van der Waals surface area contributed by atoms with Gasteiger partial charge in [-0.15, -0.1) is 0 Å². The summed E-state index contributed by atoms with van der Waals surface area (Å²) in [5.74, 6) is -0.490. The maximum Gasteiger partial charge on any atom is 0.254 e. The van der Waals surface area contributed by atoms with Crippen molar-refractivity contribution in [2.75, 3.05) is 12.3 Å². The van der Waals surface area contributed by atoms with Gasteiger partial charge in [0.25, 0.3) is 5.91 Å². The SMILES string of the molecule is Cc1cc(N)cc(C(=O)NCC2(O)CCC(C)CC2)c1F. The largest absolute Gasteiger partial charge is 0.399 e. The fourth-order valence-corrected chi connectivity index (χ4v) is 2.78. The number of aryl methyl sites for hydroxylation is 1. The molecule has 1 saturated carbocycles. The van der Waals surface area contributed by atoms with Crippen LogP contribution in [0.25, 0.3) is 0 Å². The molecule has 116 valence electrons. The van der Waals surface area contributed by atoms with Gasteiger partial charge in [0, 0.05) is 12.2 Å². The molecule has 0 unspecified atom stereocenters. The molecule has 1 amide bonds. The summed E-state index contributed by atoms with van der Waals surface area (Å²) in [6.45, 7) is 3.87. The van der Waals surface area contributed by atoms with Crippen molar-refractivity contribution in [1.82, 2.24) is 5.32 Å². The van der Waals surface area contributed by atoms with Crippen LogP contribution in [0.5, 0.6) is 0 Å². The minimum absolute atomic E-state index is 0.0692. The molecule has 0 heterocycles. The molecule has 0 spiro atoms. The van der Waals surface area contributed by atoms with E-state index in [0.29, 0.717) is 30.0 Å². The molecule has 1 fully saturated rings. The number of anilines is 1. The van der Waals surface area contributed by atoms with E-state index < -0.39 is 17.3 Å². The average molecular weight is 294 g/mol. The minimum Gasteiger partial charge on any atom is -0.399 e. The summed E-state index contributed by atoms with van der Waals surface area (Å²) in [6, 6.07) is 2.81. The third kappa shape index (κ3) is 3.73. The number of carbonyl (C=O) groups is 1. The van der Waals surface area contributed by atoms with Gasteiger partial charge in [-0.3, -0.25) is 4.79 Å². The van der Waals surface area contributed by atoms with E-state index in [1.54, 1.807) is 6.92 Å². The van der Waals surface area contributed by atoms with E-state index in [1.807, 2.05) is 0 Å². The summed E-state index contributed by atoms with van der Waals surface area (Å²) in [5, 5.41) is 13.1. The predicted octanol–water partition coefficient (Wildman–Crippen LogP) is 2.39. The van der Waals surface area contributed by atoms with E-state index in [-0.39, 0.29) is 12.1 Å². The van der Waals surface area contributed by atoms with Crippen LogP contribution in [0, 0.1) is 18.7 Å². The van der Waals surface area contributed by atoms with E-state index in [1.165, 1.54) is 12.1 Å². The molecule has 1 aromatic carbocycles. The van der Waals surface area contributed by atoms with Crippen molar-refractivity contribution < 1.29 is 14.3 Å². The Morgan fingerprint density at radius 3 is 2.71 bits per heavy atom. The van der Waals surface area contributed by atoms with Gasteiger partial charge < -0.3 is 16.2 Å². The monoisotopic (exact) mass is 294 g/mol. The maximum atomic E-state index is 14.0. The Bertz CT molecular complexity index is 537. The van der Waals surface area contributed by atoms with Crippen LogP contribution in [-0.2, 0) is 0 Å². The molecule has 21 heavy (non-hydrogen) atoms. The lowest BCUT2D eigenvalue weighted by atomic mass is 9.79. The van der Waals surface area contributed by atoms with Gasteiger partial charge in [0.05, 0.1) is 11.2 Å². The second kappa shape index (κ2) is 6.02. The van der Waals surface area contributed by atoms with Crippen molar-refractivity contribution in [3.05, 3.63) is 29.1 Å². The summed E-state index contributed by atoms with van der Waals surface area (Å²) in [6.07, 6.45) is 3.20. The van der Waals surface area contributed by atoms with Crippen molar-refractivity contribution in [3.8, 4) is 0 Å². The lowest BCUT2D eigenvalue weighted by Gasteiger charge is -2.34. The molecule has 4 nitrogen and oxygen atoms in total. The number of aliphatic hydroxyl groups is 1. The van der Waals surface area contributed by atoms with Crippen LogP contribution in [0.15, 0.2) is 12.1 Å². The van der Waals surface area contributed by atoms with E-state index >= 15 is 0 Å². The minimum atomic E-state index is -0.881. The first-order valence-corrected chi connectivity index (χ1v) is 7.37. The normalized spacial score (nSPS) is 25.6. The molecule has 1 aromatic rings. The zero-order valence-electron chi connectivity index (χ0n) is 12.6. The highest BCUT2D eigenvalue weighted by Gasteiger charge is 2.32. The van der Waals surface area contributed by atoms with E-state index in [2.05, 4.69) is 12.2 Å². The fraction of sp³-hybridized carbons (Fsp3) is 0.562. The van der Waals surface area contributed by atoms with Crippen molar-refractivity contribution >= 4 is 11.6 Å². The van der Waals surface area contributed by atoms with Crippen LogP contribution in [0.1, 0.15) is 48.5 Å². The summed E-state index contributed by atoms with van der Waals surface area (Å²) >= 11 is 0. The Morgan fingerprint density at radius 1 is 1.48 bits per heavy atom. The van der Waals surface area contributed by atoms with Crippen LogP contribution < -0.4 is 11.1 Å². The van der Waals surface area contributed by atoms with Crippen molar-refractivity contribution in [1.29, 1.82) is 0 Å². The van der Waals surface area contributed by atoms with E-state index in [0.717, 1.165) is 12.8 Å². The van der Waals surface area contributed by atoms with Crippen molar-refractivity contribution in [2.45, 2.75) is 45.1 Å². The molecule has 0 bridgehead atoms. The number of halogens is 1. The van der Waals surface area contributed by atoms with E-state index in [4.69, 9.17) is 5.73 Å². The number of rotatable bonds is 3. The third-order valence-corrected chi connectivity index (χ3v) is 4.30. The quantitative estimate of drug-likeness (QED) is 0.749. The molecular weight excluding hydrogens is 271 g/mol. The van der Waals surface area contributed by atoms with Crippen LogP contribution >= 0.6 is 0 Å². The zero-order chi connectivity index (χ0) is 15.6. The number of nitrogens with two attached hydrogens (primary N) is 1. The molecule has 0 atom stereocenters. The van der Waals surface area contributed by atoms with Gasteiger partial charge in [0.1, 0.15) is 5.82 Å². The first-order chi connectivity index (χ1) is 9.81. The van der Waals surface area contributed by atoms with Crippen molar-refractivity contribution in [3.63, 3.8) is 0 Å². The number of amides is 1. The first-order valence-electron chi connectivity index (χ1n) is 7.37. The topological polar surface area (TPSA) is 75.4 Å². The second-order valence-electron chi connectivity index (χ2n) is 6.29. The van der Waals surface area contributed by atoms with E-state index in [9.17, 15) is 14.3 Å². The lowest BCUT2D eigenvalue weighted by molar-refractivity contribution is -0.00543.